The van der Waals surface area contributed by atoms with Crippen LogP contribution >= 0.6 is 0 Å². The van der Waals surface area contributed by atoms with E-state index in [4.69, 9.17) is 0 Å². The number of aliphatic hydroxyl groups is 1. The lowest BCUT2D eigenvalue weighted by atomic mass is 10.1. The molecule has 1 saturated heterocycles. The molecule has 0 spiro atoms. The molecule has 0 radical (unpaired) electrons. The first-order valence-corrected chi connectivity index (χ1v) is 5.29. The Kier molecular flexibility index (Phi) is 4.16. The molecule has 3 atom stereocenters. The summed E-state index contributed by atoms with van der Waals surface area (Å²) in [5.74, 6) is 0. The van der Waals surface area contributed by atoms with Crippen molar-refractivity contribution < 1.29 is 5.11 Å². The molecule has 0 aromatic rings. The second kappa shape index (κ2) is 4.94. The number of hydrogen-bond donors (Lipinski definition) is 2. The van der Waals surface area contributed by atoms with E-state index >= 15 is 0 Å². The summed E-state index contributed by atoms with van der Waals surface area (Å²) < 4.78 is 0. The van der Waals surface area contributed by atoms with Gasteiger partial charge in [-0.25, -0.2) is 0 Å². The highest BCUT2D eigenvalue weighted by molar-refractivity contribution is 4.82. The van der Waals surface area contributed by atoms with Crippen LogP contribution in [0.4, 0.5) is 0 Å². The summed E-state index contributed by atoms with van der Waals surface area (Å²) >= 11 is 0. The van der Waals surface area contributed by atoms with Gasteiger partial charge < -0.3 is 10.4 Å². The van der Waals surface area contributed by atoms with Crippen molar-refractivity contribution in [3.8, 4) is 0 Å². The van der Waals surface area contributed by atoms with E-state index < -0.39 is 0 Å². The molecule has 0 aromatic heterocycles. The largest absolute Gasteiger partial charge is 0.392 e. The first-order chi connectivity index (χ1) is 6.13. The summed E-state index contributed by atoms with van der Waals surface area (Å²) in [4.78, 5) is 2.37. The normalized spacial score (nSPS) is 33.2. The minimum atomic E-state index is -0.159. The Hall–Kier alpha value is -0.120. The minimum absolute atomic E-state index is 0.159. The zero-order chi connectivity index (χ0) is 9.84. The molecule has 0 aliphatic carbocycles. The lowest BCUT2D eigenvalue weighted by Gasteiger charge is -2.38. The monoisotopic (exact) mass is 186 g/mol. The van der Waals surface area contributed by atoms with Crippen molar-refractivity contribution in [1.29, 1.82) is 0 Å². The zero-order valence-corrected chi connectivity index (χ0v) is 8.95. The maximum Gasteiger partial charge on any atom is 0.0664 e. The van der Waals surface area contributed by atoms with Crippen LogP contribution in [0.5, 0.6) is 0 Å². The van der Waals surface area contributed by atoms with E-state index in [1.165, 1.54) is 0 Å². The topological polar surface area (TPSA) is 35.5 Å². The van der Waals surface area contributed by atoms with E-state index in [1.807, 2.05) is 6.92 Å². The number of rotatable bonds is 3. The van der Waals surface area contributed by atoms with Crippen molar-refractivity contribution in [2.24, 2.45) is 0 Å². The van der Waals surface area contributed by atoms with Crippen LogP contribution < -0.4 is 5.32 Å². The molecule has 3 nitrogen and oxygen atoms in total. The van der Waals surface area contributed by atoms with Crippen LogP contribution in [0.2, 0.25) is 0 Å². The molecule has 1 fully saturated rings. The molecule has 2 N–H and O–H groups in total. The van der Waals surface area contributed by atoms with Gasteiger partial charge in [-0.05, 0) is 20.3 Å². The van der Waals surface area contributed by atoms with E-state index in [0.717, 1.165) is 26.1 Å². The summed E-state index contributed by atoms with van der Waals surface area (Å²) in [6.07, 6.45) is 0.693. The fourth-order valence-corrected chi connectivity index (χ4v) is 1.75. The molecule has 0 aromatic carbocycles. The average Bonchev–Trinajstić information content (AvgIpc) is 2.11. The van der Waals surface area contributed by atoms with Gasteiger partial charge in [0, 0.05) is 31.7 Å². The standard InChI is InChI=1S/C10H22N2O/c1-4-10(13)7-12-6-8(2)11-5-9(12)3/h8-11,13H,4-7H2,1-3H3. The SMILES string of the molecule is CCC(O)CN1CC(C)NCC1C. The number of nitrogens with zero attached hydrogens (tertiary/aromatic N) is 1. The molecule has 3 unspecified atom stereocenters. The third-order valence-electron chi connectivity index (χ3n) is 2.81. The van der Waals surface area contributed by atoms with Crippen LogP contribution in [0.3, 0.4) is 0 Å². The fourth-order valence-electron chi connectivity index (χ4n) is 1.75. The van der Waals surface area contributed by atoms with Gasteiger partial charge in [0.2, 0.25) is 0 Å². The van der Waals surface area contributed by atoms with Crippen LogP contribution in [-0.2, 0) is 0 Å². The summed E-state index contributed by atoms with van der Waals surface area (Å²) in [5, 5.41) is 13.0. The molecule has 0 amide bonds. The highest BCUT2D eigenvalue weighted by Gasteiger charge is 2.23. The van der Waals surface area contributed by atoms with Crippen LogP contribution in [-0.4, -0.2) is 47.8 Å². The van der Waals surface area contributed by atoms with E-state index in [-0.39, 0.29) is 6.10 Å². The molecule has 1 aliphatic heterocycles. The van der Waals surface area contributed by atoms with Crippen molar-refractivity contribution in [3.63, 3.8) is 0 Å². The predicted molar refractivity (Wildman–Crippen MR) is 54.8 cm³/mol. The van der Waals surface area contributed by atoms with Crippen molar-refractivity contribution in [1.82, 2.24) is 10.2 Å². The molecule has 13 heavy (non-hydrogen) atoms. The van der Waals surface area contributed by atoms with E-state index in [0.29, 0.717) is 12.1 Å². The Morgan fingerprint density at radius 1 is 1.54 bits per heavy atom. The first-order valence-electron chi connectivity index (χ1n) is 5.29. The smallest absolute Gasteiger partial charge is 0.0664 e. The van der Waals surface area contributed by atoms with Crippen LogP contribution in [0.15, 0.2) is 0 Å². The van der Waals surface area contributed by atoms with E-state index in [9.17, 15) is 5.11 Å². The average molecular weight is 186 g/mol. The number of piperazine rings is 1. The van der Waals surface area contributed by atoms with Gasteiger partial charge in [-0.15, -0.1) is 0 Å². The molecular formula is C10H22N2O. The zero-order valence-electron chi connectivity index (χ0n) is 8.95. The summed E-state index contributed by atoms with van der Waals surface area (Å²) in [6.45, 7) is 9.35. The summed E-state index contributed by atoms with van der Waals surface area (Å²) in [5.41, 5.74) is 0. The van der Waals surface area contributed by atoms with Gasteiger partial charge in [0.15, 0.2) is 0 Å². The third-order valence-corrected chi connectivity index (χ3v) is 2.81. The predicted octanol–water partition coefficient (Wildman–Crippen LogP) is 0.439. The van der Waals surface area contributed by atoms with Crippen LogP contribution in [0, 0.1) is 0 Å². The first kappa shape index (κ1) is 11.0. The van der Waals surface area contributed by atoms with Gasteiger partial charge in [0.05, 0.1) is 6.10 Å². The number of aliphatic hydroxyl groups excluding tert-OH is 1. The molecule has 78 valence electrons. The number of β-amino-alcohol motifs (C(OH)–C–C–N with tert-alkyl or cyclic N) is 1. The summed E-state index contributed by atoms with van der Waals surface area (Å²) in [6, 6.07) is 1.11. The summed E-state index contributed by atoms with van der Waals surface area (Å²) in [7, 11) is 0. The van der Waals surface area contributed by atoms with Crippen molar-refractivity contribution in [2.75, 3.05) is 19.6 Å². The lowest BCUT2D eigenvalue weighted by molar-refractivity contribution is 0.0664. The number of nitrogens with one attached hydrogen (secondary N) is 1. The fraction of sp³-hybridized carbons (Fsp3) is 1.00. The maximum atomic E-state index is 9.55. The Balaban J connectivity index is 2.37. The Labute approximate surface area is 81.1 Å². The third kappa shape index (κ3) is 3.25. The quantitative estimate of drug-likeness (QED) is 0.671. The van der Waals surface area contributed by atoms with Gasteiger partial charge in [-0.3, -0.25) is 4.90 Å². The highest BCUT2D eigenvalue weighted by atomic mass is 16.3. The van der Waals surface area contributed by atoms with Gasteiger partial charge >= 0.3 is 0 Å². The molecule has 1 rings (SSSR count). The van der Waals surface area contributed by atoms with Crippen LogP contribution in [0.1, 0.15) is 27.2 Å². The second-order valence-corrected chi connectivity index (χ2v) is 4.17. The van der Waals surface area contributed by atoms with Crippen molar-refractivity contribution in [2.45, 2.75) is 45.4 Å². The van der Waals surface area contributed by atoms with E-state index in [2.05, 4.69) is 24.1 Å². The van der Waals surface area contributed by atoms with Crippen LogP contribution in [0.25, 0.3) is 0 Å². The lowest BCUT2D eigenvalue weighted by Crippen LogP contribution is -2.55. The van der Waals surface area contributed by atoms with Gasteiger partial charge in [-0.2, -0.15) is 0 Å². The second-order valence-electron chi connectivity index (χ2n) is 4.17. The Morgan fingerprint density at radius 2 is 2.23 bits per heavy atom. The molecule has 1 heterocycles. The minimum Gasteiger partial charge on any atom is -0.392 e. The van der Waals surface area contributed by atoms with Crippen molar-refractivity contribution >= 4 is 0 Å². The number of hydrogen-bond acceptors (Lipinski definition) is 3. The highest BCUT2D eigenvalue weighted by Crippen LogP contribution is 2.08. The Morgan fingerprint density at radius 3 is 2.85 bits per heavy atom. The van der Waals surface area contributed by atoms with E-state index in [1.54, 1.807) is 0 Å². The Bertz CT molecular complexity index is 152. The van der Waals surface area contributed by atoms with Gasteiger partial charge in [0.1, 0.15) is 0 Å². The maximum absolute atomic E-state index is 9.55. The molecular weight excluding hydrogens is 164 g/mol. The van der Waals surface area contributed by atoms with Gasteiger partial charge in [0.25, 0.3) is 0 Å². The van der Waals surface area contributed by atoms with Gasteiger partial charge in [-0.1, -0.05) is 6.92 Å². The molecule has 3 heteroatoms. The molecule has 0 saturated carbocycles. The van der Waals surface area contributed by atoms with Crippen molar-refractivity contribution in [3.05, 3.63) is 0 Å². The molecule has 1 aliphatic rings. The molecule has 0 bridgehead atoms.